The molecule has 0 bridgehead atoms. The predicted molar refractivity (Wildman–Crippen MR) is 71.8 cm³/mol. The number of nitrogens with one attached hydrogen (secondary N) is 2. The van der Waals surface area contributed by atoms with E-state index in [4.69, 9.17) is 0 Å². The summed E-state index contributed by atoms with van der Waals surface area (Å²) in [6, 6.07) is 2.07. The van der Waals surface area contributed by atoms with Gasteiger partial charge in [0.1, 0.15) is 0 Å². The van der Waals surface area contributed by atoms with Crippen LogP contribution in [-0.4, -0.2) is 25.5 Å². The summed E-state index contributed by atoms with van der Waals surface area (Å²) >= 11 is 1.67. The van der Waals surface area contributed by atoms with Crippen LogP contribution in [0.1, 0.15) is 39.9 Å². The third kappa shape index (κ3) is 3.30. The molecule has 1 aliphatic rings. The van der Waals surface area contributed by atoms with Gasteiger partial charge in [0, 0.05) is 18.0 Å². The summed E-state index contributed by atoms with van der Waals surface area (Å²) < 4.78 is 0. The molecular formula is C13H20N2OS. The van der Waals surface area contributed by atoms with E-state index in [0.717, 1.165) is 37.2 Å². The number of rotatable bonds is 6. The summed E-state index contributed by atoms with van der Waals surface area (Å²) in [6.45, 7) is 4.72. The maximum absolute atomic E-state index is 11.9. The fraction of sp³-hybridized carbons (Fsp3) is 0.615. The lowest BCUT2D eigenvalue weighted by atomic mass is 10.2. The zero-order chi connectivity index (χ0) is 12.1. The van der Waals surface area contributed by atoms with Crippen molar-refractivity contribution in [3.8, 4) is 0 Å². The largest absolute Gasteiger partial charge is 0.350 e. The Morgan fingerprint density at radius 2 is 2.24 bits per heavy atom. The third-order valence-corrected chi connectivity index (χ3v) is 4.22. The van der Waals surface area contributed by atoms with Crippen LogP contribution in [0.2, 0.25) is 0 Å². The molecule has 0 aliphatic heterocycles. The van der Waals surface area contributed by atoms with Crippen molar-refractivity contribution < 1.29 is 4.79 Å². The number of hydrogen-bond acceptors (Lipinski definition) is 3. The zero-order valence-electron chi connectivity index (χ0n) is 10.3. The van der Waals surface area contributed by atoms with Crippen molar-refractivity contribution in [1.82, 2.24) is 10.6 Å². The van der Waals surface area contributed by atoms with Crippen molar-refractivity contribution in [2.24, 2.45) is 0 Å². The van der Waals surface area contributed by atoms with Crippen LogP contribution in [0.25, 0.3) is 0 Å². The van der Waals surface area contributed by atoms with Crippen LogP contribution in [0.3, 0.4) is 0 Å². The second kappa shape index (κ2) is 6.17. The Morgan fingerprint density at radius 1 is 1.35 bits per heavy atom. The molecular weight excluding hydrogens is 232 g/mol. The minimum absolute atomic E-state index is 0.0858. The van der Waals surface area contributed by atoms with Gasteiger partial charge in [0.2, 0.25) is 0 Å². The fourth-order valence-electron chi connectivity index (χ4n) is 2.09. The molecule has 0 unspecified atom stereocenters. The van der Waals surface area contributed by atoms with Gasteiger partial charge in [0.05, 0.1) is 4.88 Å². The van der Waals surface area contributed by atoms with E-state index in [9.17, 15) is 4.79 Å². The molecule has 94 valence electrons. The highest BCUT2D eigenvalue weighted by atomic mass is 32.1. The Morgan fingerprint density at radius 3 is 3.00 bits per heavy atom. The lowest BCUT2D eigenvalue weighted by molar-refractivity contribution is 0.0958. The van der Waals surface area contributed by atoms with Crippen LogP contribution in [0.15, 0.2) is 6.07 Å². The summed E-state index contributed by atoms with van der Waals surface area (Å²) in [5.74, 6) is 0.0858. The normalized spacial score (nSPS) is 13.7. The summed E-state index contributed by atoms with van der Waals surface area (Å²) in [5, 5.41) is 6.23. The molecule has 0 radical (unpaired) electrons. The molecule has 17 heavy (non-hydrogen) atoms. The summed E-state index contributed by atoms with van der Waals surface area (Å²) in [7, 11) is 0. The van der Waals surface area contributed by atoms with Crippen molar-refractivity contribution in [2.75, 3.05) is 19.6 Å². The van der Waals surface area contributed by atoms with Crippen molar-refractivity contribution in [2.45, 2.75) is 32.6 Å². The smallest absolute Gasteiger partial charge is 0.261 e. The maximum atomic E-state index is 11.9. The van der Waals surface area contributed by atoms with Gasteiger partial charge in [-0.1, -0.05) is 6.92 Å². The van der Waals surface area contributed by atoms with E-state index in [2.05, 4.69) is 23.6 Å². The van der Waals surface area contributed by atoms with Gasteiger partial charge < -0.3 is 10.6 Å². The number of amides is 1. The van der Waals surface area contributed by atoms with E-state index in [1.54, 1.807) is 11.3 Å². The van der Waals surface area contributed by atoms with Gasteiger partial charge in [0.15, 0.2) is 0 Å². The molecule has 3 nitrogen and oxygen atoms in total. The number of aryl methyl sites for hydroxylation is 2. The molecule has 2 N–H and O–H groups in total. The van der Waals surface area contributed by atoms with E-state index in [1.165, 1.54) is 16.9 Å². The van der Waals surface area contributed by atoms with E-state index in [0.29, 0.717) is 6.54 Å². The second-order valence-electron chi connectivity index (χ2n) is 4.42. The maximum Gasteiger partial charge on any atom is 0.261 e. The highest BCUT2D eigenvalue weighted by molar-refractivity contribution is 7.14. The number of hydrogen-bond donors (Lipinski definition) is 2. The molecule has 2 rings (SSSR count). The molecule has 0 fully saturated rings. The van der Waals surface area contributed by atoms with Crippen LogP contribution >= 0.6 is 11.3 Å². The van der Waals surface area contributed by atoms with Crippen LogP contribution in [0, 0.1) is 0 Å². The monoisotopic (exact) mass is 252 g/mol. The number of thiophene rings is 1. The van der Waals surface area contributed by atoms with Gasteiger partial charge >= 0.3 is 0 Å². The van der Waals surface area contributed by atoms with Gasteiger partial charge in [-0.05, 0) is 43.9 Å². The summed E-state index contributed by atoms with van der Waals surface area (Å²) in [5.41, 5.74) is 1.39. The van der Waals surface area contributed by atoms with E-state index in [1.807, 2.05) is 0 Å². The Labute approximate surface area is 107 Å². The van der Waals surface area contributed by atoms with Crippen molar-refractivity contribution in [1.29, 1.82) is 0 Å². The highest BCUT2D eigenvalue weighted by Gasteiger charge is 2.17. The lowest BCUT2D eigenvalue weighted by Gasteiger charge is -2.04. The van der Waals surface area contributed by atoms with Gasteiger partial charge in [0.25, 0.3) is 5.91 Å². The number of fused-ring (bicyclic) bond motifs is 1. The van der Waals surface area contributed by atoms with E-state index < -0.39 is 0 Å². The molecule has 0 spiro atoms. The molecule has 1 aromatic heterocycles. The standard InChI is InChI=1S/C13H20N2OS/c1-2-6-14-7-8-15-13(16)12-9-10-4-3-5-11(10)17-12/h9,14H,2-8H2,1H3,(H,15,16). The second-order valence-corrected chi connectivity index (χ2v) is 5.56. The molecule has 0 saturated heterocycles. The van der Waals surface area contributed by atoms with Crippen LogP contribution < -0.4 is 10.6 Å². The van der Waals surface area contributed by atoms with Gasteiger partial charge in [-0.15, -0.1) is 11.3 Å². The molecule has 1 amide bonds. The molecule has 0 atom stereocenters. The molecule has 0 aromatic carbocycles. The highest BCUT2D eigenvalue weighted by Crippen LogP contribution is 2.30. The van der Waals surface area contributed by atoms with Gasteiger partial charge in [-0.2, -0.15) is 0 Å². The number of carbonyl (C=O) groups is 1. The van der Waals surface area contributed by atoms with E-state index >= 15 is 0 Å². The first-order chi connectivity index (χ1) is 8.31. The Balaban J connectivity index is 1.75. The fourth-order valence-corrected chi connectivity index (χ4v) is 3.26. The average Bonchev–Trinajstić information content (AvgIpc) is 2.88. The topological polar surface area (TPSA) is 41.1 Å². The predicted octanol–water partition coefficient (Wildman–Crippen LogP) is 1.97. The molecule has 1 aliphatic carbocycles. The molecule has 4 heteroatoms. The SMILES string of the molecule is CCCNCCNC(=O)c1cc2c(s1)CCC2. The molecule has 1 heterocycles. The molecule has 0 saturated carbocycles. The minimum Gasteiger partial charge on any atom is -0.350 e. The lowest BCUT2D eigenvalue weighted by Crippen LogP contribution is -2.31. The summed E-state index contributed by atoms with van der Waals surface area (Å²) in [6.07, 6.45) is 4.69. The average molecular weight is 252 g/mol. The minimum atomic E-state index is 0.0858. The first-order valence-electron chi connectivity index (χ1n) is 6.41. The first kappa shape index (κ1) is 12.6. The van der Waals surface area contributed by atoms with Crippen LogP contribution in [-0.2, 0) is 12.8 Å². The first-order valence-corrected chi connectivity index (χ1v) is 7.23. The Hall–Kier alpha value is -0.870. The van der Waals surface area contributed by atoms with Crippen molar-refractivity contribution in [3.05, 3.63) is 21.4 Å². The number of carbonyl (C=O) groups excluding carboxylic acids is 1. The quantitative estimate of drug-likeness (QED) is 0.760. The Kier molecular flexibility index (Phi) is 4.57. The van der Waals surface area contributed by atoms with Gasteiger partial charge in [-0.3, -0.25) is 4.79 Å². The van der Waals surface area contributed by atoms with Crippen LogP contribution in [0.5, 0.6) is 0 Å². The van der Waals surface area contributed by atoms with Gasteiger partial charge in [-0.25, -0.2) is 0 Å². The van der Waals surface area contributed by atoms with Crippen molar-refractivity contribution in [3.63, 3.8) is 0 Å². The Bertz CT molecular complexity index is 365. The third-order valence-electron chi connectivity index (χ3n) is 2.98. The zero-order valence-corrected chi connectivity index (χ0v) is 11.2. The summed E-state index contributed by atoms with van der Waals surface area (Å²) in [4.78, 5) is 14.2. The van der Waals surface area contributed by atoms with Crippen LogP contribution in [0.4, 0.5) is 0 Å². The van der Waals surface area contributed by atoms with E-state index in [-0.39, 0.29) is 5.91 Å². The van der Waals surface area contributed by atoms with Crippen molar-refractivity contribution >= 4 is 17.2 Å². The molecule has 1 aromatic rings.